The molecule has 2 heterocycles. The maximum Gasteiger partial charge on any atom is 0.270 e. The zero-order valence-electron chi connectivity index (χ0n) is 12.6. The third-order valence-corrected chi connectivity index (χ3v) is 4.71. The Morgan fingerprint density at radius 1 is 1.43 bits per heavy atom. The van der Waals surface area contributed by atoms with E-state index in [4.69, 9.17) is 11.6 Å². The molecule has 1 aliphatic carbocycles. The van der Waals surface area contributed by atoms with Crippen molar-refractivity contribution >= 4 is 17.5 Å². The molecule has 1 unspecified atom stereocenters. The number of carbonyl (C=O) groups excluding carboxylic acids is 1. The summed E-state index contributed by atoms with van der Waals surface area (Å²) < 4.78 is 1.95. The largest absolute Gasteiger partial charge is 0.342 e. The molecule has 5 heteroatoms. The number of halogens is 1. The monoisotopic (exact) mass is 309 g/mol. The first-order valence-electron chi connectivity index (χ1n) is 8.09. The fourth-order valence-electron chi connectivity index (χ4n) is 3.16. The fourth-order valence-corrected chi connectivity index (χ4v) is 3.38. The summed E-state index contributed by atoms with van der Waals surface area (Å²) in [5, 5.41) is 4.19. The van der Waals surface area contributed by atoms with Gasteiger partial charge in [0.25, 0.3) is 5.91 Å². The van der Waals surface area contributed by atoms with Crippen molar-refractivity contribution in [2.45, 2.75) is 57.7 Å². The van der Waals surface area contributed by atoms with Crippen LogP contribution in [-0.4, -0.2) is 40.5 Å². The molecule has 1 amide bonds. The lowest BCUT2D eigenvalue weighted by molar-refractivity contribution is 0.0707. The highest BCUT2D eigenvalue weighted by Crippen LogP contribution is 2.30. The Labute approximate surface area is 131 Å². The van der Waals surface area contributed by atoms with Gasteiger partial charge in [0.2, 0.25) is 0 Å². The molecule has 2 fully saturated rings. The lowest BCUT2D eigenvalue weighted by Gasteiger charge is -2.31. The van der Waals surface area contributed by atoms with Crippen molar-refractivity contribution in [2.75, 3.05) is 13.1 Å². The van der Waals surface area contributed by atoms with Gasteiger partial charge in [0, 0.05) is 31.4 Å². The van der Waals surface area contributed by atoms with Gasteiger partial charge in [-0.2, -0.15) is 0 Å². The van der Waals surface area contributed by atoms with Gasteiger partial charge in [0.05, 0.1) is 5.02 Å². The first kappa shape index (κ1) is 14.9. The minimum Gasteiger partial charge on any atom is -0.342 e. The third-order valence-electron chi connectivity index (χ3n) is 4.50. The minimum absolute atomic E-state index is 0.138. The lowest BCUT2D eigenvalue weighted by atomic mass is 10.0. The predicted octanol–water partition coefficient (Wildman–Crippen LogP) is 2.91. The molecule has 1 atom stereocenters. The Kier molecular flexibility index (Phi) is 4.55. The normalized spacial score (nSPS) is 22.3. The molecule has 0 spiro atoms. The van der Waals surface area contributed by atoms with Crippen molar-refractivity contribution in [2.24, 2.45) is 0 Å². The van der Waals surface area contributed by atoms with Crippen LogP contribution in [0.2, 0.25) is 5.02 Å². The van der Waals surface area contributed by atoms with Crippen molar-refractivity contribution in [1.82, 2.24) is 14.8 Å². The maximum absolute atomic E-state index is 12.9. The lowest BCUT2D eigenvalue weighted by Crippen LogP contribution is -2.47. The van der Waals surface area contributed by atoms with Crippen molar-refractivity contribution < 1.29 is 4.79 Å². The van der Waals surface area contributed by atoms with Gasteiger partial charge in [0.1, 0.15) is 5.69 Å². The number of carbonyl (C=O) groups is 1. The number of aryl methyl sites for hydroxylation is 1. The van der Waals surface area contributed by atoms with E-state index in [0.29, 0.717) is 17.1 Å². The fraction of sp³-hybridized carbons (Fsp3) is 0.688. The highest BCUT2D eigenvalue weighted by molar-refractivity contribution is 6.31. The van der Waals surface area contributed by atoms with E-state index < -0.39 is 0 Å². The van der Waals surface area contributed by atoms with Gasteiger partial charge in [-0.05, 0) is 45.2 Å². The van der Waals surface area contributed by atoms with Gasteiger partial charge in [-0.15, -0.1) is 0 Å². The van der Waals surface area contributed by atoms with Crippen molar-refractivity contribution in [3.8, 4) is 0 Å². The SMILES string of the molecule is CCn1cc(Cl)cc1C(=O)N(CC1CCCCN1)C1CC1. The van der Waals surface area contributed by atoms with E-state index in [1.807, 2.05) is 17.7 Å². The maximum atomic E-state index is 12.9. The number of piperidine rings is 1. The van der Waals surface area contributed by atoms with Crippen LogP contribution >= 0.6 is 11.6 Å². The van der Waals surface area contributed by atoms with Crippen molar-refractivity contribution in [3.05, 3.63) is 23.0 Å². The summed E-state index contributed by atoms with van der Waals surface area (Å²) in [6.45, 7) is 4.72. The predicted molar refractivity (Wildman–Crippen MR) is 84.8 cm³/mol. The second-order valence-electron chi connectivity index (χ2n) is 6.17. The van der Waals surface area contributed by atoms with Gasteiger partial charge >= 0.3 is 0 Å². The average Bonchev–Trinajstić information content (AvgIpc) is 3.27. The highest BCUT2D eigenvalue weighted by Gasteiger charge is 2.35. The number of amides is 1. The van der Waals surface area contributed by atoms with Crippen LogP contribution in [0.5, 0.6) is 0 Å². The molecule has 21 heavy (non-hydrogen) atoms. The molecular formula is C16H24ClN3O. The van der Waals surface area contributed by atoms with Crippen LogP contribution in [0, 0.1) is 0 Å². The van der Waals surface area contributed by atoms with Crippen LogP contribution in [0.3, 0.4) is 0 Å². The Hall–Kier alpha value is -1.00. The van der Waals surface area contributed by atoms with E-state index in [1.54, 1.807) is 6.07 Å². The zero-order chi connectivity index (χ0) is 14.8. The van der Waals surface area contributed by atoms with Gasteiger partial charge in [-0.1, -0.05) is 18.0 Å². The molecule has 0 aromatic carbocycles. The summed E-state index contributed by atoms with van der Waals surface area (Å²) in [5.41, 5.74) is 0.727. The number of hydrogen-bond acceptors (Lipinski definition) is 2. The minimum atomic E-state index is 0.138. The first-order chi connectivity index (χ1) is 10.2. The molecule has 0 bridgehead atoms. The smallest absolute Gasteiger partial charge is 0.270 e. The van der Waals surface area contributed by atoms with Crippen molar-refractivity contribution in [1.29, 1.82) is 0 Å². The molecule has 1 aliphatic heterocycles. The quantitative estimate of drug-likeness (QED) is 0.908. The molecule has 1 aromatic heterocycles. The molecule has 0 radical (unpaired) electrons. The highest BCUT2D eigenvalue weighted by atomic mass is 35.5. The van der Waals surface area contributed by atoms with Crippen LogP contribution in [0.1, 0.15) is 49.5 Å². The van der Waals surface area contributed by atoms with Crippen molar-refractivity contribution in [3.63, 3.8) is 0 Å². The Morgan fingerprint density at radius 3 is 2.86 bits per heavy atom. The molecule has 2 aliphatic rings. The standard InChI is InChI=1S/C16H24ClN3O/c1-2-19-10-12(17)9-15(19)16(21)20(14-6-7-14)11-13-5-3-4-8-18-13/h9-10,13-14,18H,2-8,11H2,1H3. The van der Waals surface area contributed by atoms with E-state index in [0.717, 1.165) is 38.2 Å². The molecule has 1 saturated heterocycles. The van der Waals surface area contributed by atoms with Crippen LogP contribution < -0.4 is 5.32 Å². The first-order valence-corrected chi connectivity index (χ1v) is 8.47. The van der Waals surface area contributed by atoms with E-state index in [1.165, 1.54) is 19.3 Å². The van der Waals surface area contributed by atoms with Crippen LogP contribution in [0.25, 0.3) is 0 Å². The second kappa shape index (κ2) is 6.41. The molecule has 4 nitrogen and oxygen atoms in total. The molecule has 1 N–H and O–H groups in total. The molecular weight excluding hydrogens is 286 g/mol. The van der Waals surface area contributed by atoms with Crippen LogP contribution in [-0.2, 0) is 6.54 Å². The molecule has 1 saturated carbocycles. The topological polar surface area (TPSA) is 37.3 Å². The Bertz CT molecular complexity index is 504. The van der Waals surface area contributed by atoms with Crippen LogP contribution in [0.15, 0.2) is 12.3 Å². The van der Waals surface area contributed by atoms with E-state index in [9.17, 15) is 4.79 Å². The summed E-state index contributed by atoms with van der Waals surface area (Å²) in [6.07, 6.45) is 7.81. The molecule has 3 rings (SSSR count). The summed E-state index contributed by atoms with van der Waals surface area (Å²) in [7, 11) is 0. The number of rotatable bonds is 5. The van der Waals surface area contributed by atoms with Gasteiger partial charge in [-0.3, -0.25) is 4.79 Å². The summed E-state index contributed by atoms with van der Waals surface area (Å²) in [4.78, 5) is 15.0. The second-order valence-corrected chi connectivity index (χ2v) is 6.60. The van der Waals surface area contributed by atoms with E-state index >= 15 is 0 Å². The third kappa shape index (κ3) is 3.43. The van der Waals surface area contributed by atoms with Gasteiger partial charge in [-0.25, -0.2) is 0 Å². The van der Waals surface area contributed by atoms with Crippen LogP contribution in [0.4, 0.5) is 0 Å². The summed E-state index contributed by atoms with van der Waals surface area (Å²) in [5.74, 6) is 0.138. The number of aromatic nitrogens is 1. The zero-order valence-corrected chi connectivity index (χ0v) is 13.4. The average molecular weight is 310 g/mol. The van der Waals surface area contributed by atoms with E-state index in [-0.39, 0.29) is 5.91 Å². The molecule has 1 aromatic rings. The van der Waals surface area contributed by atoms with E-state index in [2.05, 4.69) is 10.2 Å². The summed E-state index contributed by atoms with van der Waals surface area (Å²) >= 11 is 6.08. The Balaban J connectivity index is 1.74. The Morgan fingerprint density at radius 2 is 2.24 bits per heavy atom. The van der Waals surface area contributed by atoms with Gasteiger partial charge in [0.15, 0.2) is 0 Å². The van der Waals surface area contributed by atoms with Gasteiger partial charge < -0.3 is 14.8 Å². The number of hydrogen-bond donors (Lipinski definition) is 1. The number of nitrogens with one attached hydrogen (secondary N) is 1. The molecule has 116 valence electrons. The summed E-state index contributed by atoms with van der Waals surface area (Å²) in [6, 6.07) is 2.68. The number of nitrogens with zero attached hydrogens (tertiary/aromatic N) is 2.